The van der Waals surface area contributed by atoms with E-state index in [9.17, 15) is 0 Å². The quantitative estimate of drug-likeness (QED) is 0.418. The first kappa shape index (κ1) is 4.60. The van der Waals surface area contributed by atoms with Crippen molar-refractivity contribution in [1.29, 1.82) is 0 Å². The van der Waals surface area contributed by atoms with E-state index in [1.165, 1.54) is 25.7 Å². The minimum Gasteiger partial charge on any atom is -0.0707 e. The minimum absolute atomic E-state index is 1.03. The summed E-state index contributed by atoms with van der Waals surface area (Å²) in [5, 5.41) is 0. The number of allylic oxidation sites excluding steroid dienone is 2. The molecule has 1 saturated carbocycles. The minimum atomic E-state index is 1.03. The van der Waals surface area contributed by atoms with Gasteiger partial charge in [0.1, 0.15) is 0 Å². The van der Waals surface area contributed by atoms with Gasteiger partial charge < -0.3 is 0 Å². The Labute approximate surface area is 50.6 Å². The molecule has 0 radical (unpaired) electrons. The van der Waals surface area contributed by atoms with Crippen molar-refractivity contribution in [3.8, 4) is 0 Å². The van der Waals surface area contributed by atoms with Gasteiger partial charge >= 0.3 is 0 Å². The summed E-state index contributed by atoms with van der Waals surface area (Å²) >= 11 is 0. The van der Waals surface area contributed by atoms with Gasteiger partial charge in [-0.2, -0.15) is 0 Å². The van der Waals surface area contributed by atoms with Gasteiger partial charge in [0.05, 0.1) is 0 Å². The molecule has 44 valence electrons. The van der Waals surface area contributed by atoms with Crippen LogP contribution in [0.4, 0.5) is 0 Å². The molecule has 1 unspecified atom stereocenters. The predicted molar refractivity (Wildman–Crippen MR) is 34.7 cm³/mol. The van der Waals surface area contributed by atoms with Crippen LogP contribution in [0.5, 0.6) is 0 Å². The second-order valence-electron chi connectivity index (χ2n) is 3.08. The van der Waals surface area contributed by atoms with E-state index < -0.39 is 0 Å². The monoisotopic (exact) mass is 108 g/mol. The van der Waals surface area contributed by atoms with E-state index in [1.54, 1.807) is 11.1 Å². The average molecular weight is 108 g/mol. The zero-order valence-corrected chi connectivity index (χ0v) is 5.41. The Kier molecular flexibility index (Phi) is 0.787. The fourth-order valence-corrected chi connectivity index (χ4v) is 1.95. The molecular weight excluding hydrogens is 96.1 g/mol. The van der Waals surface area contributed by atoms with Gasteiger partial charge in [-0.05, 0) is 38.5 Å². The molecule has 0 spiro atoms. The van der Waals surface area contributed by atoms with Gasteiger partial charge in [-0.1, -0.05) is 11.1 Å². The topological polar surface area (TPSA) is 0 Å². The summed E-state index contributed by atoms with van der Waals surface area (Å²) in [4.78, 5) is 0. The first-order chi connectivity index (χ1) is 3.88. The molecule has 0 N–H and O–H groups in total. The van der Waals surface area contributed by atoms with Crippen LogP contribution in [-0.4, -0.2) is 0 Å². The van der Waals surface area contributed by atoms with Gasteiger partial charge in [0.15, 0.2) is 0 Å². The molecule has 1 atom stereocenters. The lowest BCUT2D eigenvalue weighted by Gasteiger charge is -2.37. The smallest absolute Gasteiger partial charge is 0.0166 e. The Morgan fingerprint density at radius 2 is 2.38 bits per heavy atom. The zero-order valence-electron chi connectivity index (χ0n) is 5.41. The summed E-state index contributed by atoms with van der Waals surface area (Å²) in [6, 6.07) is 0. The fraction of sp³-hybridized carbons (Fsp3) is 0.750. The molecule has 3 aliphatic rings. The summed E-state index contributed by atoms with van der Waals surface area (Å²) in [5.74, 6) is 1.03. The molecule has 3 rings (SSSR count). The molecule has 3 aliphatic carbocycles. The lowest BCUT2D eigenvalue weighted by molar-refractivity contribution is 0.404. The highest BCUT2D eigenvalue weighted by Gasteiger charge is 2.28. The van der Waals surface area contributed by atoms with Gasteiger partial charge in [0.25, 0.3) is 0 Å². The van der Waals surface area contributed by atoms with Crippen LogP contribution >= 0.6 is 0 Å². The van der Waals surface area contributed by atoms with Crippen molar-refractivity contribution >= 4 is 0 Å². The second-order valence-corrected chi connectivity index (χ2v) is 3.08. The average Bonchev–Trinajstić information content (AvgIpc) is 1.89. The number of fused-ring (bicyclic) bond motifs is 2. The molecule has 8 heavy (non-hydrogen) atoms. The fourth-order valence-electron chi connectivity index (χ4n) is 1.95. The molecule has 0 saturated heterocycles. The molecule has 0 heterocycles. The zero-order chi connectivity index (χ0) is 5.56. The molecule has 0 amide bonds. The Balaban J connectivity index is 2.28. The van der Waals surface area contributed by atoms with Crippen molar-refractivity contribution in [2.24, 2.45) is 5.92 Å². The summed E-state index contributed by atoms with van der Waals surface area (Å²) in [6.07, 6.45) is 5.82. The van der Waals surface area contributed by atoms with Crippen molar-refractivity contribution < 1.29 is 0 Å². The summed E-state index contributed by atoms with van der Waals surface area (Å²) in [5.41, 5.74) is 3.51. The maximum absolute atomic E-state index is 2.31. The van der Waals surface area contributed by atoms with Gasteiger partial charge in [0, 0.05) is 0 Å². The standard InChI is InChI=1S/C8H12/c1-6-7-3-2-4-8(6)5-7/h7H,2-5H2,1H3. The summed E-state index contributed by atoms with van der Waals surface area (Å²) in [7, 11) is 0. The van der Waals surface area contributed by atoms with E-state index >= 15 is 0 Å². The lowest BCUT2D eigenvalue weighted by atomic mass is 9.69. The van der Waals surface area contributed by atoms with Gasteiger partial charge in [-0.25, -0.2) is 0 Å². The van der Waals surface area contributed by atoms with Crippen LogP contribution in [0.3, 0.4) is 0 Å². The SMILES string of the molecule is CC1=C2CCCC1C2. The normalized spacial score (nSPS) is 34.9. The van der Waals surface area contributed by atoms with E-state index in [0.29, 0.717) is 0 Å². The van der Waals surface area contributed by atoms with Crippen LogP contribution in [0.2, 0.25) is 0 Å². The Hall–Kier alpha value is -0.260. The molecule has 0 nitrogen and oxygen atoms in total. The van der Waals surface area contributed by atoms with Crippen LogP contribution in [0, 0.1) is 5.92 Å². The largest absolute Gasteiger partial charge is 0.0707 e. The third kappa shape index (κ3) is 0.410. The lowest BCUT2D eigenvalue weighted by Crippen LogP contribution is -2.21. The summed E-state index contributed by atoms with van der Waals surface area (Å²) < 4.78 is 0. The first-order valence-corrected chi connectivity index (χ1v) is 3.56. The highest BCUT2D eigenvalue weighted by molar-refractivity contribution is 5.28. The maximum Gasteiger partial charge on any atom is -0.0166 e. The first-order valence-electron chi connectivity index (χ1n) is 3.56. The summed E-state index contributed by atoms with van der Waals surface area (Å²) in [6.45, 7) is 2.31. The predicted octanol–water partition coefficient (Wildman–Crippen LogP) is 2.51. The molecule has 0 heteroatoms. The van der Waals surface area contributed by atoms with E-state index in [4.69, 9.17) is 0 Å². The van der Waals surface area contributed by atoms with Gasteiger partial charge in [0.2, 0.25) is 0 Å². The molecule has 0 aromatic heterocycles. The van der Waals surface area contributed by atoms with Crippen molar-refractivity contribution in [2.75, 3.05) is 0 Å². The molecule has 2 bridgehead atoms. The van der Waals surface area contributed by atoms with Crippen LogP contribution in [-0.2, 0) is 0 Å². The molecular formula is C8H12. The van der Waals surface area contributed by atoms with Crippen molar-refractivity contribution in [2.45, 2.75) is 32.6 Å². The molecule has 0 aromatic carbocycles. The van der Waals surface area contributed by atoms with Crippen molar-refractivity contribution in [1.82, 2.24) is 0 Å². The number of rotatable bonds is 0. The third-order valence-electron chi connectivity index (χ3n) is 2.69. The van der Waals surface area contributed by atoms with E-state index in [-0.39, 0.29) is 0 Å². The van der Waals surface area contributed by atoms with Gasteiger partial charge in [-0.3, -0.25) is 0 Å². The number of hydrogen-bond acceptors (Lipinski definition) is 0. The van der Waals surface area contributed by atoms with E-state index in [2.05, 4.69) is 6.92 Å². The van der Waals surface area contributed by atoms with Crippen molar-refractivity contribution in [3.05, 3.63) is 11.1 Å². The Bertz CT molecular complexity index is 142. The molecule has 0 aliphatic heterocycles. The maximum atomic E-state index is 2.31. The number of hydrogen-bond donors (Lipinski definition) is 0. The Morgan fingerprint density at radius 1 is 1.50 bits per heavy atom. The third-order valence-corrected chi connectivity index (χ3v) is 2.69. The molecule has 1 fully saturated rings. The highest BCUT2D eigenvalue weighted by atomic mass is 14.3. The van der Waals surface area contributed by atoms with E-state index in [0.717, 1.165) is 5.92 Å². The van der Waals surface area contributed by atoms with Crippen LogP contribution < -0.4 is 0 Å². The van der Waals surface area contributed by atoms with Crippen LogP contribution in [0.25, 0.3) is 0 Å². The van der Waals surface area contributed by atoms with Crippen LogP contribution in [0.1, 0.15) is 32.6 Å². The highest BCUT2D eigenvalue weighted by Crippen LogP contribution is 2.44. The van der Waals surface area contributed by atoms with Crippen molar-refractivity contribution in [3.63, 3.8) is 0 Å². The second kappa shape index (κ2) is 1.37. The molecule has 0 aromatic rings. The van der Waals surface area contributed by atoms with E-state index in [1.807, 2.05) is 0 Å². The Morgan fingerprint density at radius 3 is 2.62 bits per heavy atom. The van der Waals surface area contributed by atoms with Crippen LogP contribution in [0.15, 0.2) is 11.1 Å². The van der Waals surface area contributed by atoms with Gasteiger partial charge in [-0.15, -0.1) is 0 Å².